The summed E-state index contributed by atoms with van der Waals surface area (Å²) in [4.78, 5) is 27.9. The summed E-state index contributed by atoms with van der Waals surface area (Å²) in [6.45, 7) is 10.4. The number of carbonyl (C=O) groups is 1. The number of unbranched alkanes of at least 4 members (excludes halogenated alkanes) is 1. The van der Waals surface area contributed by atoms with Gasteiger partial charge in [0.25, 0.3) is 0 Å². The standard InChI is InChI=1S/C24H30ClNO4/c1-5-6-8-14(2)29-22(27)18-19(25)16-13-17-20-15(21(16)30-23(18)28)9-7-11-26(20)12-10-24(17,3)4/h13-14H,5-12H2,1-4H3. The summed E-state index contributed by atoms with van der Waals surface area (Å²) in [6, 6.07) is 2.02. The van der Waals surface area contributed by atoms with Crippen molar-refractivity contribution in [2.45, 2.75) is 77.7 Å². The van der Waals surface area contributed by atoms with Crippen molar-refractivity contribution in [3.63, 3.8) is 0 Å². The smallest absolute Gasteiger partial charge is 0.352 e. The number of carbonyl (C=O) groups excluding carboxylic acids is 1. The van der Waals surface area contributed by atoms with Crippen LogP contribution in [-0.4, -0.2) is 25.2 Å². The number of halogens is 1. The van der Waals surface area contributed by atoms with Crippen LogP contribution >= 0.6 is 11.6 Å². The molecule has 1 unspecified atom stereocenters. The molecule has 0 aliphatic carbocycles. The van der Waals surface area contributed by atoms with Crippen LogP contribution in [0.5, 0.6) is 0 Å². The van der Waals surface area contributed by atoms with Crippen LogP contribution in [-0.2, 0) is 16.6 Å². The van der Waals surface area contributed by atoms with E-state index >= 15 is 0 Å². The molecule has 1 atom stereocenters. The van der Waals surface area contributed by atoms with Crippen LogP contribution in [0.15, 0.2) is 15.3 Å². The van der Waals surface area contributed by atoms with Crippen molar-refractivity contribution in [3.05, 3.63) is 38.2 Å². The fourth-order valence-electron chi connectivity index (χ4n) is 4.76. The first kappa shape index (κ1) is 21.2. The van der Waals surface area contributed by atoms with Crippen molar-refractivity contribution >= 4 is 34.2 Å². The van der Waals surface area contributed by atoms with Crippen molar-refractivity contribution in [1.29, 1.82) is 0 Å². The highest BCUT2D eigenvalue weighted by atomic mass is 35.5. The van der Waals surface area contributed by atoms with Crippen LogP contribution < -0.4 is 10.5 Å². The van der Waals surface area contributed by atoms with Crippen molar-refractivity contribution in [1.82, 2.24) is 0 Å². The molecule has 3 heterocycles. The van der Waals surface area contributed by atoms with Gasteiger partial charge in [0.05, 0.1) is 11.1 Å². The van der Waals surface area contributed by atoms with Gasteiger partial charge in [-0.1, -0.05) is 45.2 Å². The van der Waals surface area contributed by atoms with Crippen molar-refractivity contribution in [2.75, 3.05) is 18.0 Å². The highest BCUT2D eigenvalue weighted by Gasteiger charge is 2.37. The van der Waals surface area contributed by atoms with E-state index in [0.29, 0.717) is 11.0 Å². The van der Waals surface area contributed by atoms with E-state index in [-0.39, 0.29) is 22.1 Å². The Morgan fingerprint density at radius 2 is 2.13 bits per heavy atom. The second-order valence-corrected chi connectivity index (χ2v) is 9.67. The monoisotopic (exact) mass is 431 g/mol. The second kappa shape index (κ2) is 7.92. The maximum Gasteiger partial charge on any atom is 0.352 e. The maximum absolute atomic E-state index is 12.8. The summed E-state index contributed by atoms with van der Waals surface area (Å²) in [5, 5.41) is 0.779. The quantitative estimate of drug-likeness (QED) is 0.454. The molecule has 0 bridgehead atoms. The Hall–Kier alpha value is -2.01. The van der Waals surface area contributed by atoms with E-state index in [1.807, 2.05) is 13.0 Å². The van der Waals surface area contributed by atoms with Gasteiger partial charge in [0.15, 0.2) is 5.56 Å². The minimum Gasteiger partial charge on any atom is -0.459 e. The molecule has 0 saturated carbocycles. The van der Waals surface area contributed by atoms with E-state index in [0.717, 1.165) is 57.2 Å². The van der Waals surface area contributed by atoms with Gasteiger partial charge < -0.3 is 14.1 Å². The summed E-state index contributed by atoms with van der Waals surface area (Å²) >= 11 is 6.67. The number of nitrogens with zero attached hydrogens (tertiary/aromatic N) is 1. The number of benzene rings is 1. The zero-order valence-electron chi connectivity index (χ0n) is 18.3. The zero-order chi connectivity index (χ0) is 21.6. The zero-order valence-corrected chi connectivity index (χ0v) is 19.0. The molecule has 0 saturated heterocycles. The lowest BCUT2D eigenvalue weighted by molar-refractivity contribution is 0.0316. The Bertz CT molecular complexity index is 1060. The molecule has 2 aromatic rings. The molecule has 0 N–H and O–H groups in total. The first-order valence-electron chi connectivity index (χ1n) is 11.0. The Morgan fingerprint density at radius 3 is 2.87 bits per heavy atom. The van der Waals surface area contributed by atoms with Gasteiger partial charge in [-0.2, -0.15) is 0 Å². The third kappa shape index (κ3) is 3.51. The molecule has 5 nitrogen and oxygen atoms in total. The lowest BCUT2D eigenvalue weighted by Crippen LogP contribution is -2.40. The van der Waals surface area contributed by atoms with Gasteiger partial charge in [-0.05, 0) is 49.7 Å². The molecule has 0 radical (unpaired) electrons. The van der Waals surface area contributed by atoms with Crippen molar-refractivity contribution < 1.29 is 13.9 Å². The molecular formula is C24H30ClNO4. The molecule has 30 heavy (non-hydrogen) atoms. The normalized spacial score (nSPS) is 18.2. The summed E-state index contributed by atoms with van der Waals surface area (Å²) in [5.41, 5.74) is 3.03. The number of anilines is 1. The summed E-state index contributed by atoms with van der Waals surface area (Å²) in [6.07, 6.45) is 5.33. The second-order valence-electron chi connectivity index (χ2n) is 9.29. The molecule has 1 aromatic heterocycles. The van der Waals surface area contributed by atoms with E-state index in [2.05, 4.69) is 25.7 Å². The third-order valence-corrected chi connectivity index (χ3v) is 6.98. The van der Waals surface area contributed by atoms with Crippen molar-refractivity contribution in [3.8, 4) is 0 Å². The molecule has 0 amide bonds. The number of aryl methyl sites for hydroxylation is 1. The van der Waals surface area contributed by atoms with E-state index in [1.54, 1.807) is 0 Å². The average molecular weight is 432 g/mol. The van der Waals surface area contributed by atoms with Crippen LogP contribution in [0.1, 0.15) is 81.3 Å². The number of hydrogen-bond donors (Lipinski definition) is 0. The van der Waals surface area contributed by atoms with E-state index in [1.165, 1.54) is 11.3 Å². The van der Waals surface area contributed by atoms with Crippen LogP contribution in [0.25, 0.3) is 11.0 Å². The van der Waals surface area contributed by atoms with Crippen LogP contribution in [0.4, 0.5) is 5.69 Å². The fraction of sp³-hybridized carbons (Fsp3) is 0.583. The first-order valence-corrected chi connectivity index (χ1v) is 11.4. The average Bonchev–Trinajstić information content (AvgIpc) is 2.69. The number of fused-ring (bicyclic) bond motifs is 2. The van der Waals surface area contributed by atoms with Gasteiger partial charge in [0.1, 0.15) is 5.58 Å². The summed E-state index contributed by atoms with van der Waals surface area (Å²) in [7, 11) is 0. The van der Waals surface area contributed by atoms with Crippen molar-refractivity contribution in [2.24, 2.45) is 0 Å². The lowest BCUT2D eigenvalue weighted by atomic mass is 9.74. The van der Waals surface area contributed by atoms with Crippen LogP contribution in [0, 0.1) is 0 Å². The molecule has 0 spiro atoms. The Labute approximate surface area is 182 Å². The van der Waals surface area contributed by atoms with Gasteiger partial charge >= 0.3 is 11.6 Å². The third-order valence-electron chi connectivity index (χ3n) is 6.59. The number of ether oxygens (including phenoxy) is 1. The van der Waals surface area contributed by atoms with Gasteiger partial charge in [-0.15, -0.1) is 0 Å². The topological polar surface area (TPSA) is 59.8 Å². The Kier molecular flexibility index (Phi) is 5.60. The van der Waals surface area contributed by atoms with E-state index in [4.69, 9.17) is 20.8 Å². The molecule has 0 fully saturated rings. The molecule has 6 heteroatoms. The van der Waals surface area contributed by atoms with E-state index < -0.39 is 11.6 Å². The Morgan fingerprint density at radius 1 is 1.37 bits per heavy atom. The highest BCUT2D eigenvalue weighted by molar-refractivity contribution is 6.38. The number of hydrogen-bond acceptors (Lipinski definition) is 5. The molecule has 2 aliphatic heterocycles. The van der Waals surface area contributed by atoms with Crippen LogP contribution in [0.3, 0.4) is 0 Å². The highest BCUT2D eigenvalue weighted by Crippen LogP contribution is 2.47. The van der Waals surface area contributed by atoms with E-state index in [9.17, 15) is 9.59 Å². The molecule has 162 valence electrons. The molecule has 4 rings (SSSR count). The maximum atomic E-state index is 12.8. The fourth-order valence-corrected chi connectivity index (χ4v) is 5.06. The molecule has 1 aromatic carbocycles. The Balaban J connectivity index is 1.86. The number of rotatable bonds is 5. The summed E-state index contributed by atoms with van der Waals surface area (Å²) < 4.78 is 11.2. The predicted octanol–water partition coefficient (Wildman–Crippen LogP) is 5.62. The summed E-state index contributed by atoms with van der Waals surface area (Å²) in [5.74, 6) is -0.702. The largest absolute Gasteiger partial charge is 0.459 e. The minimum absolute atomic E-state index is 0.0130. The number of esters is 1. The molecular weight excluding hydrogens is 402 g/mol. The van der Waals surface area contributed by atoms with Gasteiger partial charge in [0, 0.05) is 29.7 Å². The minimum atomic E-state index is -0.719. The predicted molar refractivity (Wildman–Crippen MR) is 120 cm³/mol. The lowest BCUT2D eigenvalue weighted by Gasteiger charge is -2.44. The van der Waals surface area contributed by atoms with Crippen LogP contribution in [0.2, 0.25) is 5.02 Å². The van der Waals surface area contributed by atoms with Gasteiger partial charge in [0.2, 0.25) is 0 Å². The SMILES string of the molecule is CCCCC(C)OC(=O)c1c(Cl)c2cc3c4c(c2oc1=O)CCCN4CCC3(C)C. The van der Waals surface area contributed by atoms with Gasteiger partial charge in [-0.3, -0.25) is 0 Å². The van der Waals surface area contributed by atoms with Gasteiger partial charge in [-0.25, -0.2) is 9.59 Å². The molecule has 2 aliphatic rings. The first-order chi connectivity index (χ1) is 14.2.